The lowest BCUT2D eigenvalue weighted by Gasteiger charge is -2.13. The summed E-state index contributed by atoms with van der Waals surface area (Å²) in [7, 11) is 0. The van der Waals surface area contributed by atoms with Gasteiger partial charge in [0.05, 0.1) is 24.3 Å². The van der Waals surface area contributed by atoms with E-state index in [4.69, 9.17) is 9.84 Å². The van der Waals surface area contributed by atoms with Crippen LogP contribution in [0.4, 0.5) is 17.6 Å². The fourth-order valence-corrected chi connectivity index (χ4v) is 3.90. The number of carboxylic acids is 1. The highest BCUT2D eigenvalue weighted by atomic mass is 19.4. The summed E-state index contributed by atoms with van der Waals surface area (Å²) in [6.07, 6.45) is 0.432. The molecular weight excluding hydrogens is 466 g/mol. The lowest BCUT2D eigenvalue weighted by atomic mass is 9.95. The number of carbonyl (C=O) groups is 1. The van der Waals surface area contributed by atoms with Gasteiger partial charge in [-0.15, -0.1) is 0 Å². The van der Waals surface area contributed by atoms with Gasteiger partial charge in [0.2, 0.25) is 0 Å². The maximum atomic E-state index is 14.2. The molecule has 0 unspecified atom stereocenters. The monoisotopic (exact) mass is 493 g/mol. The first-order chi connectivity index (χ1) is 16.6. The van der Waals surface area contributed by atoms with E-state index in [0.29, 0.717) is 12.8 Å². The number of aliphatic carboxylic acids is 1. The van der Waals surface area contributed by atoms with Gasteiger partial charge < -0.3 is 9.84 Å². The van der Waals surface area contributed by atoms with Crippen LogP contribution in [-0.2, 0) is 23.8 Å². The first-order valence-corrected chi connectivity index (χ1v) is 11.4. The molecule has 0 aliphatic heterocycles. The van der Waals surface area contributed by atoms with Crippen LogP contribution in [0.3, 0.4) is 0 Å². The molecule has 3 rings (SSSR count). The first kappa shape index (κ1) is 26.2. The average Bonchev–Trinajstić information content (AvgIpc) is 3.22. The molecule has 3 aromatic rings. The molecule has 6 nitrogen and oxygen atoms in total. The third-order valence-electron chi connectivity index (χ3n) is 5.73. The number of aromatic nitrogens is 3. The minimum Gasteiger partial charge on any atom is -0.490 e. The van der Waals surface area contributed by atoms with Gasteiger partial charge in [0.1, 0.15) is 0 Å². The van der Waals surface area contributed by atoms with Crippen LogP contribution in [0.25, 0.3) is 5.82 Å². The minimum absolute atomic E-state index is 0.0697. The molecule has 0 bridgehead atoms. The summed E-state index contributed by atoms with van der Waals surface area (Å²) in [5.74, 6) is -1.34. The summed E-state index contributed by atoms with van der Waals surface area (Å²) in [5.41, 5.74) is 1.18. The fourth-order valence-electron chi connectivity index (χ4n) is 3.90. The molecule has 35 heavy (non-hydrogen) atoms. The van der Waals surface area contributed by atoms with E-state index in [1.807, 2.05) is 13.8 Å². The van der Waals surface area contributed by atoms with Gasteiger partial charge in [-0.1, -0.05) is 26.0 Å². The van der Waals surface area contributed by atoms with Crippen LogP contribution in [0, 0.1) is 5.82 Å². The van der Waals surface area contributed by atoms with Gasteiger partial charge in [-0.25, -0.2) is 14.1 Å². The first-order valence-electron chi connectivity index (χ1n) is 11.4. The van der Waals surface area contributed by atoms with Crippen LogP contribution in [0.15, 0.2) is 42.7 Å². The van der Waals surface area contributed by atoms with E-state index in [2.05, 4.69) is 10.1 Å². The van der Waals surface area contributed by atoms with Gasteiger partial charge in [0, 0.05) is 23.9 Å². The standard InChI is InChI=1S/C25H27F4N3O3/c1-3-16(4-2)23-18(15-32(31-23)21-11-10-19(14-30-21)25(27,28)29)8-6-12-35-24-17(13-22(33)34)7-5-9-20(24)26/h5,7,9-11,14-16H,3-4,6,8,12-13H2,1-2H3,(H,33,34). The minimum atomic E-state index is -4.47. The molecule has 1 N–H and O–H groups in total. The molecule has 2 heterocycles. The number of benzene rings is 1. The predicted octanol–water partition coefficient (Wildman–Crippen LogP) is 5.97. The maximum absolute atomic E-state index is 14.2. The van der Waals surface area contributed by atoms with Gasteiger partial charge in [-0.05, 0) is 49.4 Å². The van der Waals surface area contributed by atoms with Crippen molar-refractivity contribution in [2.45, 2.75) is 58.0 Å². The van der Waals surface area contributed by atoms with E-state index in [1.54, 1.807) is 6.20 Å². The van der Waals surface area contributed by atoms with Crippen molar-refractivity contribution in [3.05, 3.63) is 70.9 Å². The number of carboxylic acid groups (broad SMARTS) is 1. The van der Waals surface area contributed by atoms with Gasteiger partial charge in [0.15, 0.2) is 17.4 Å². The van der Waals surface area contributed by atoms with Crippen molar-refractivity contribution >= 4 is 5.97 Å². The normalized spacial score (nSPS) is 11.7. The van der Waals surface area contributed by atoms with E-state index in [1.165, 1.54) is 28.9 Å². The average molecular weight is 494 g/mol. The Hall–Kier alpha value is -3.43. The molecule has 0 aliphatic carbocycles. The molecular formula is C25H27F4N3O3. The summed E-state index contributed by atoms with van der Waals surface area (Å²) >= 11 is 0. The SMILES string of the molecule is CCC(CC)c1nn(-c2ccc(C(F)(F)F)cn2)cc1CCCOc1c(F)cccc1CC(=O)O. The van der Waals surface area contributed by atoms with E-state index in [0.717, 1.165) is 36.4 Å². The maximum Gasteiger partial charge on any atom is 0.417 e. The number of hydrogen-bond acceptors (Lipinski definition) is 4. The van der Waals surface area contributed by atoms with Crippen LogP contribution in [0.5, 0.6) is 5.75 Å². The number of halogens is 4. The van der Waals surface area contributed by atoms with Crippen LogP contribution in [-0.4, -0.2) is 32.4 Å². The Morgan fingerprint density at radius 1 is 1.14 bits per heavy atom. The summed E-state index contributed by atoms with van der Waals surface area (Å²) in [4.78, 5) is 15.0. The Morgan fingerprint density at radius 2 is 1.89 bits per heavy atom. The molecule has 0 amide bonds. The van der Waals surface area contributed by atoms with Crippen molar-refractivity contribution in [1.29, 1.82) is 0 Å². The van der Waals surface area contributed by atoms with Crippen LogP contribution in [0.1, 0.15) is 61.4 Å². The number of aryl methyl sites for hydroxylation is 1. The van der Waals surface area contributed by atoms with Crippen LogP contribution < -0.4 is 4.74 Å². The second-order valence-corrected chi connectivity index (χ2v) is 8.15. The van der Waals surface area contributed by atoms with Crippen LogP contribution in [0.2, 0.25) is 0 Å². The number of para-hydroxylation sites is 1. The number of hydrogen-bond donors (Lipinski definition) is 1. The van der Waals surface area contributed by atoms with Crippen molar-refractivity contribution in [3.8, 4) is 11.6 Å². The molecule has 0 fully saturated rings. The largest absolute Gasteiger partial charge is 0.490 e. The zero-order valence-corrected chi connectivity index (χ0v) is 19.5. The van der Waals surface area contributed by atoms with E-state index in [-0.39, 0.29) is 36.1 Å². The molecule has 1 aromatic carbocycles. The summed E-state index contributed by atoms with van der Waals surface area (Å²) < 4.78 is 59.9. The van der Waals surface area contributed by atoms with Gasteiger partial charge in [-0.2, -0.15) is 18.3 Å². The van der Waals surface area contributed by atoms with E-state index < -0.39 is 23.5 Å². The van der Waals surface area contributed by atoms with E-state index in [9.17, 15) is 22.4 Å². The zero-order valence-electron chi connectivity index (χ0n) is 19.5. The topological polar surface area (TPSA) is 77.2 Å². The highest BCUT2D eigenvalue weighted by Crippen LogP contribution is 2.30. The molecule has 0 saturated carbocycles. The highest BCUT2D eigenvalue weighted by molar-refractivity contribution is 5.71. The molecule has 0 radical (unpaired) electrons. The Balaban J connectivity index is 1.76. The third-order valence-corrected chi connectivity index (χ3v) is 5.73. The lowest BCUT2D eigenvalue weighted by molar-refractivity contribution is -0.138. The summed E-state index contributed by atoms with van der Waals surface area (Å²) in [6, 6.07) is 6.41. The second-order valence-electron chi connectivity index (χ2n) is 8.15. The predicted molar refractivity (Wildman–Crippen MR) is 121 cm³/mol. The van der Waals surface area contributed by atoms with Crippen molar-refractivity contribution in [2.24, 2.45) is 0 Å². The van der Waals surface area contributed by atoms with Crippen molar-refractivity contribution in [1.82, 2.24) is 14.8 Å². The molecule has 10 heteroatoms. The number of rotatable bonds is 11. The Bertz CT molecular complexity index is 1140. The molecule has 0 atom stereocenters. The zero-order chi connectivity index (χ0) is 25.6. The number of nitrogens with zero attached hydrogens (tertiary/aromatic N) is 3. The van der Waals surface area contributed by atoms with Gasteiger partial charge in [-0.3, -0.25) is 4.79 Å². The Labute approximate surface area is 200 Å². The summed E-state index contributed by atoms with van der Waals surface area (Å²) in [5, 5.41) is 13.7. The Morgan fingerprint density at radius 3 is 2.49 bits per heavy atom. The number of alkyl halides is 3. The lowest BCUT2D eigenvalue weighted by Crippen LogP contribution is -2.08. The van der Waals surface area contributed by atoms with Crippen molar-refractivity contribution in [3.63, 3.8) is 0 Å². The smallest absolute Gasteiger partial charge is 0.417 e. The van der Waals surface area contributed by atoms with E-state index >= 15 is 0 Å². The number of pyridine rings is 1. The molecule has 2 aromatic heterocycles. The van der Waals surface area contributed by atoms with Gasteiger partial charge in [0.25, 0.3) is 0 Å². The molecule has 0 aliphatic rings. The summed E-state index contributed by atoms with van der Waals surface area (Å²) in [6.45, 7) is 4.23. The molecule has 0 saturated heterocycles. The fraction of sp³-hybridized carbons (Fsp3) is 0.400. The number of ether oxygens (including phenoxy) is 1. The molecule has 188 valence electrons. The van der Waals surface area contributed by atoms with Crippen LogP contribution >= 0.6 is 0 Å². The third kappa shape index (κ3) is 6.58. The Kier molecular flexibility index (Phi) is 8.48. The van der Waals surface area contributed by atoms with Crippen molar-refractivity contribution < 1.29 is 32.2 Å². The van der Waals surface area contributed by atoms with Gasteiger partial charge >= 0.3 is 12.1 Å². The van der Waals surface area contributed by atoms with Crippen molar-refractivity contribution in [2.75, 3.05) is 6.61 Å². The highest BCUT2D eigenvalue weighted by Gasteiger charge is 2.30. The second kappa shape index (κ2) is 11.3. The quantitative estimate of drug-likeness (QED) is 0.263. The molecule has 0 spiro atoms.